The van der Waals surface area contributed by atoms with Crippen molar-refractivity contribution in [3.05, 3.63) is 51.7 Å². The molecule has 0 saturated carbocycles. The van der Waals surface area contributed by atoms with Crippen LogP contribution in [0.3, 0.4) is 0 Å². The Hall–Kier alpha value is -1.75. The van der Waals surface area contributed by atoms with Gasteiger partial charge in [0.1, 0.15) is 5.82 Å². The van der Waals surface area contributed by atoms with Gasteiger partial charge in [-0.1, -0.05) is 0 Å². The fraction of sp³-hybridized carbons (Fsp3) is 0.143. The van der Waals surface area contributed by atoms with Gasteiger partial charge >= 0.3 is 0 Å². The highest BCUT2D eigenvalue weighted by atomic mass is 79.9. The van der Waals surface area contributed by atoms with Gasteiger partial charge in [0.2, 0.25) is 0 Å². The van der Waals surface area contributed by atoms with E-state index in [0.29, 0.717) is 12.1 Å². The van der Waals surface area contributed by atoms with Gasteiger partial charge in [0.15, 0.2) is 0 Å². The van der Waals surface area contributed by atoms with Gasteiger partial charge in [-0.15, -0.1) is 0 Å². The lowest BCUT2D eigenvalue weighted by Gasteiger charge is -2.11. The number of nitrogens with zero attached hydrogens (tertiary/aromatic N) is 2. The second-order valence-corrected chi connectivity index (χ2v) is 5.30. The van der Waals surface area contributed by atoms with E-state index in [1.54, 1.807) is 19.1 Å². The van der Waals surface area contributed by atoms with Gasteiger partial charge in [-0.05, 0) is 58.7 Å². The fourth-order valence-corrected chi connectivity index (χ4v) is 2.47. The Morgan fingerprint density at radius 1 is 1.26 bits per heavy atom. The molecule has 0 saturated heterocycles. The fourth-order valence-electron chi connectivity index (χ4n) is 1.98. The Bertz CT molecular complexity index is 683. The quantitative estimate of drug-likeness (QED) is 0.807. The van der Waals surface area contributed by atoms with E-state index in [0.717, 1.165) is 27.1 Å². The number of hydrogen-bond donors (Lipinski definition) is 1. The van der Waals surface area contributed by atoms with E-state index in [2.05, 4.69) is 31.5 Å². The Balaban J connectivity index is 1.94. The second-order valence-electron chi connectivity index (χ2n) is 4.45. The normalized spacial score (nSPS) is 12.6. The molecule has 3 nitrogen and oxygen atoms in total. The number of benzene rings is 2. The van der Waals surface area contributed by atoms with Crippen molar-refractivity contribution in [3.63, 3.8) is 0 Å². The summed E-state index contributed by atoms with van der Waals surface area (Å²) in [5.41, 5.74) is 4.33. The monoisotopic (exact) mass is 319 g/mol. The summed E-state index contributed by atoms with van der Waals surface area (Å²) in [6.45, 7) is 2.37. The zero-order chi connectivity index (χ0) is 13.4. The van der Waals surface area contributed by atoms with Crippen LogP contribution in [0, 0.1) is 12.7 Å². The molecule has 1 heterocycles. The summed E-state index contributed by atoms with van der Waals surface area (Å²) >= 11 is 3.52. The maximum atomic E-state index is 13.2. The van der Waals surface area contributed by atoms with Crippen molar-refractivity contribution in [1.29, 1.82) is 0 Å². The third-order valence-electron chi connectivity index (χ3n) is 3.02. The predicted octanol–water partition coefficient (Wildman–Crippen LogP) is 5.24. The van der Waals surface area contributed by atoms with Crippen LogP contribution in [0.25, 0.3) is 0 Å². The summed E-state index contributed by atoms with van der Waals surface area (Å²) in [4.78, 5) is 0. The summed E-state index contributed by atoms with van der Waals surface area (Å²) < 4.78 is 14.2. The number of nitrogens with one attached hydrogen (secondary N) is 1. The highest BCUT2D eigenvalue weighted by molar-refractivity contribution is 9.10. The van der Waals surface area contributed by atoms with Gasteiger partial charge in [0.25, 0.3) is 0 Å². The second kappa shape index (κ2) is 4.74. The Kier molecular flexibility index (Phi) is 3.06. The van der Waals surface area contributed by atoms with E-state index in [1.807, 2.05) is 12.1 Å². The summed E-state index contributed by atoms with van der Waals surface area (Å²) in [5.74, 6) is -0.202. The van der Waals surface area contributed by atoms with Crippen molar-refractivity contribution in [2.24, 2.45) is 10.2 Å². The lowest BCUT2D eigenvalue weighted by molar-refractivity contribution is 0.619. The van der Waals surface area contributed by atoms with Crippen molar-refractivity contribution >= 4 is 33.0 Å². The first kappa shape index (κ1) is 12.3. The van der Waals surface area contributed by atoms with E-state index in [-0.39, 0.29) is 5.82 Å². The minimum Gasteiger partial charge on any atom is -0.355 e. The van der Waals surface area contributed by atoms with E-state index in [9.17, 15) is 4.39 Å². The van der Waals surface area contributed by atoms with Crippen LogP contribution in [0.5, 0.6) is 0 Å². The van der Waals surface area contributed by atoms with Crippen LogP contribution in [-0.2, 0) is 6.54 Å². The molecule has 0 bridgehead atoms. The molecule has 0 aliphatic carbocycles. The van der Waals surface area contributed by atoms with E-state index >= 15 is 0 Å². The molecule has 96 valence electrons. The molecule has 2 aromatic rings. The number of fused-ring (bicyclic) bond motifs is 1. The summed E-state index contributed by atoms with van der Waals surface area (Å²) in [7, 11) is 0. The van der Waals surface area contributed by atoms with E-state index < -0.39 is 0 Å². The van der Waals surface area contributed by atoms with Crippen LogP contribution in [0.1, 0.15) is 11.1 Å². The molecule has 1 aliphatic rings. The minimum atomic E-state index is -0.202. The maximum absolute atomic E-state index is 13.2. The third kappa shape index (κ3) is 2.38. The minimum absolute atomic E-state index is 0.202. The van der Waals surface area contributed by atoms with Crippen molar-refractivity contribution in [2.75, 3.05) is 5.32 Å². The number of anilines is 2. The highest BCUT2D eigenvalue weighted by Gasteiger charge is 2.12. The molecule has 0 unspecified atom stereocenters. The van der Waals surface area contributed by atoms with Crippen LogP contribution in [0.4, 0.5) is 21.5 Å². The molecular weight excluding hydrogens is 309 g/mol. The molecule has 5 heteroatoms. The maximum Gasteiger partial charge on any atom is 0.126 e. The third-order valence-corrected chi connectivity index (χ3v) is 3.68. The van der Waals surface area contributed by atoms with E-state index in [4.69, 9.17) is 0 Å². The SMILES string of the molecule is Cc1cc(Nc2cc3c(cc2Br)CN=N3)ccc1F. The molecule has 1 aliphatic heterocycles. The van der Waals surface area contributed by atoms with Crippen molar-refractivity contribution in [3.8, 4) is 0 Å². The summed E-state index contributed by atoms with van der Waals surface area (Å²) in [6, 6.07) is 8.89. The van der Waals surface area contributed by atoms with Gasteiger partial charge in [-0.25, -0.2) is 4.39 Å². The van der Waals surface area contributed by atoms with E-state index in [1.165, 1.54) is 6.07 Å². The molecule has 0 aromatic heterocycles. The molecule has 0 spiro atoms. The Labute approximate surface area is 118 Å². The molecular formula is C14H11BrFN3. The number of hydrogen-bond acceptors (Lipinski definition) is 3. The van der Waals surface area contributed by atoms with Gasteiger partial charge in [0.05, 0.1) is 17.9 Å². The summed E-state index contributed by atoms with van der Waals surface area (Å²) in [6.07, 6.45) is 0. The zero-order valence-corrected chi connectivity index (χ0v) is 11.8. The predicted molar refractivity (Wildman–Crippen MR) is 76.8 cm³/mol. The summed E-state index contributed by atoms with van der Waals surface area (Å²) in [5, 5.41) is 11.3. The van der Waals surface area contributed by atoms with Crippen molar-refractivity contribution in [1.82, 2.24) is 0 Å². The van der Waals surface area contributed by atoms with Gasteiger partial charge in [0, 0.05) is 15.7 Å². The topological polar surface area (TPSA) is 36.8 Å². The van der Waals surface area contributed by atoms with Crippen molar-refractivity contribution in [2.45, 2.75) is 13.5 Å². The van der Waals surface area contributed by atoms with Gasteiger partial charge < -0.3 is 5.32 Å². The lowest BCUT2D eigenvalue weighted by Crippen LogP contribution is -1.94. The number of halogens is 2. The van der Waals surface area contributed by atoms with Crippen LogP contribution in [-0.4, -0.2) is 0 Å². The Morgan fingerprint density at radius 2 is 2.11 bits per heavy atom. The van der Waals surface area contributed by atoms with Crippen LogP contribution in [0.15, 0.2) is 45.0 Å². The molecule has 1 N–H and O–H groups in total. The molecule has 0 fully saturated rings. The first-order valence-electron chi connectivity index (χ1n) is 5.86. The smallest absolute Gasteiger partial charge is 0.126 e. The molecule has 0 radical (unpaired) electrons. The van der Waals surface area contributed by atoms with Crippen molar-refractivity contribution < 1.29 is 4.39 Å². The first-order chi connectivity index (χ1) is 9.13. The van der Waals surface area contributed by atoms with Crippen LogP contribution >= 0.6 is 15.9 Å². The Morgan fingerprint density at radius 3 is 2.89 bits per heavy atom. The first-order valence-corrected chi connectivity index (χ1v) is 6.66. The largest absolute Gasteiger partial charge is 0.355 e. The number of aryl methyl sites for hydroxylation is 1. The number of rotatable bonds is 2. The molecule has 3 rings (SSSR count). The average molecular weight is 320 g/mol. The zero-order valence-electron chi connectivity index (χ0n) is 10.2. The van der Waals surface area contributed by atoms with Crippen LogP contribution < -0.4 is 5.32 Å². The van der Waals surface area contributed by atoms with Gasteiger partial charge in [-0.2, -0.15) is 10.2 Å². The molecule has 19 heavy (non-hydrogen) atoms. The molecule has 2 aromatic carbocycles. The average Bonchev–Trinajstić information content (AvgIpc) is 2.81. The molecule has 0 atom stereocenters. The van der Waals surface area contributed by atoms with Gasteiger partial charge in [-0.3, -0.25) is 0 Å². The molecule has 0 amide bonds. The standard InChI is InChI=1S/C14H11BrFN3/c1-8-4-10(2-3-12(8)16)18-14-6-13-9(5-11(14)15)7-17-19-13/h2-6,18H,7H2,1H3. The lowest BCUT2D eigenvalue weighted by atomic mass is 10.1. The van der Waals surface area contributed by atoms with Crippen LogP contribution in [0.2, 0.25) is 0 Å². The highest BCUT2D eigenvalue weighted by Crippen LogP contribution is 2.36. The number of azo groups is 1.